The van der Waals surface area contributed by atoms with Crippen molar-refractivity contribution in [3.8, 4) is 28.0 Å². The third-order valence-electron chi connectivity index (χ3n) is 3.67. The van der Waals surface area contributed by atoms with Crippen molar-refractivity contribution in [2.45, 2.75) is 6.92 Å². The first kappa shape index (κ1) is 13.4. The van der Waals surface area contributed by atoms with Gasteiger partial charge in [-0.15, -0.1) is 0 Å². The van der Waals surface area contributed by atoms with E-state index in [9.17, 15) is 0 Å². The molecule has 0 atom stereocenters. The molecule has 0 aromatic heterocycles. The Morgan fingerprint density at radius 2 is 1.38 bits per heavy atom. The zero-order chi connectivity index (χ0) is 14.7. The molecule has 0 aliphatic carbocycles. The Morgan fingerprint density at radius 1 is 0.667 bits per heavy atom. The molecular weight excluding hydrogens is 256 g/mol. The molecule has 0 aliphatic rings. The number of benzene rings is 3. The Kier molecular flexibility index (Phi) is 3.74. The van der Waals surface area contributed by atoms with E-state index in [0.717, 1.165) is 11.3 Å². The van der Waals surface area contributed by atoms with Gasteiger partial charge in [-0.25, -0.2) is 0 Å². The lowest BCUT2D eigenvalue weighted by atomic mass is 9.93. The number of hydrogen-bond acceptors (Lipinski definition) is 1. The van der Waals surface area contributed by atoms with Gasteiger partial charge in [-0.1, -0.05) is 72.3 Å². The highest BCUT2D eigenvalue weighted by molar-refractivity contribution is 5.87. The molecule has 0 fully saturated rings. The minimum absolute atomic E-state index is 0.902. The molecule has 21 heavy (non-hydrogen) atoms. The minimum Gasteiger partial charge on any atom is -0.496 e. The average Bonchev–Trinajstić information content (AvgIpc) is 2.55. The average molecular weight is 274 g/mol. The number of rotatable bonds is 3. The van der Waals surface area contributed by atoms with E-state index in [1.807, 2.05) is 18.2 Å². The van der Waals surface area contributed by atoms with Crippen molar-refractivity contribution in [3.63, 3.8) is 0 Å². The third-order valence-corrected chi connectivity index (χ3v) is 3.67. The molecule has 0 heterocycles. The van der Waals surface area contributed by atoms with Crippen LogP contribution in [0.3, 0.4) is 0 Å². The fourth-order valence-corrected chi connectivity index (χ4v) is 2.58. The summed E-state index contributed by atoms with van der Waals surface area (Å²) in [4.78, 5) is 0. The summed E-state index contributed by atoms with van der Waals surface area (Å²) in [6.45, 7) is 2.10. The van der Waals surface area contributed by atoms with E-state index < -0.39 is 0 Å². The van der Waals surface area contributed by atoms with E-state index in [4.69, 9.17) is 4.74 Å². The predicted octanol–water partition coefficient (Wildman–Crippen LogP) is 5.34. The van der Waals surface area contributed by atoms with Crippen LogP contribution >= 0.6 is 0 Å². The van der Waals surface area contributed by atoms with Gasteiger partial charge in [0.15, 0.2) is 0 Å². The van der Waals surface area contributed by atoms with Crippen LogP contribution in [0.1, 0.15) is 5.56 Å². The molecule has 0 aliphatic heterocycles. The smallest absolute Gasteiger partial charge is 0.127 e. The van der Waals surface area contributed by atoms with Crippen LogP contribution in [0.5, 0.6) is 5.75 Å². The maximum Gasteiger partial charge on any atom is 0.127 e. The molecular formula is C20H18O. The second-order valence-corrected chi connectivity index (χ2v) is 5.11. The van der Waals surface area contributed by atoms with E-state index in [-0.39, 0.29) is 0 Å². The highest BCUT2D eigenvalue weighted by Gasteiger charge is 2.12. The van der Waals surface area contributed by atoms with Gasteiger partial charge in [-0.3, -0.25) is 0 Å². The van der Waals surface area contributed by atoms with Crippen molar-refractivity contribution < 1.29 is 4.74 Å². The van der Waals surface area contributed by atoms with Gasteiger partial charge in [-0.05, 0) is 29.7 Å². The zero-order valence-electron chi connectivity index (χ0n) is 12.3. The van der Waals surface area contributed by atoms with Gasteiger partial charge in [0, 0.05) is 5.56 Å². The molecule has 0 N–H and O–H groups in total. The first-order valence-corrected chi connectivity index (χ1v) is 7.09. The molecule has 104 valence electrons. The Balaban J connectivity index is 2.23. The molecule has 0 bridgehead atoms. The fourth-order valence-electron chi connectivity index (χ4n) is 2.58. The third kappa shape index (κ3) is 2.68. The van der Waals surface area contributed by atoms with Gasteiger partial charge in [-0.2, -0.15) is 0 Å². The van der Waals surface area contributed by atoms with Gasteiger partial charge in [0.25, 0.3) is 0 Å². The van der Waals surface area contributed by atoms with Crippen LogP contribution in [-0.4, -0.2) is 7.11 Å². The Hall–Kier alpha value is -2.54. The highest BCUT2D eigenvalue weighted by Crippen LogP contribution is 2.38. The summed E-state index contributed by atoms with van der Waals surface area (Å²) < 4.78 is 5.59. The van der Waals surface area contributed by atoms with E-state index in [2.05, 4.69) is 61.5 Å². The maximum absolute atomic E-state index is 5.59. The number of hydrogen-bond donors (Lipinski definition) is 0. The Labute approximate surface area is 125 Å². The molecule has 3 aromatic rings. The predicted molar refractivity (Wildman–Crippen MR) is 88.6 cm³/mol. The molecule has 1 heteroatoms. The van der Waals surface area contributed by atoms with Crippen LogP contribution < -0.4 is 4.74 Å². The fraction of sp³-hybridized carbons (Fsp3) is 0.100. The van der Waals surface area contributed by atoms with Crippen LogP contribution in [0.15, 0.2) is 72.8 Å². The van der Waals surface area contributed by atoms with Crippen molar-refractivity contribution in [1.82, 2.24) is 0 Å². The van der Waals surface area contributed by atoms with Gasteiger partial charge >= 0.3 is 0 Å². The summed E-state index contributed by atoms with van der Waals surface area (Å²) in [7, 11) is 1.72. The molecule has 3 rings (SSSR count). The van der Waals surface area contributed by atoms with Gasteiger partial charge in [0.1, 0.15) is 5.75 Å². The Bertz CT molecular complexity index is 728. The van der Waals surface area contributed by atoms with Crippen molar-refractivity contribution >= 4 is 0 Å². The standard InChI is InChI=1S/C20H18O/c1-15-11-13-16(14-12-15)18-9-6-10-19(21-2)20(18)17-7-4-3-5-8-17/h3-14H,1-2H3. The van der Waals surface area contributed by atoms with Gasteiger partial charge in [0.2, 0.25) is 0 Å². The zero-order valence-corrected chi connectivity index (χ0v) is 12.3. The Morgan fingerprint density at radius 3 is 2.05 bits per heavy atom. The van der Waals surface area contributed by atoms with Gasteiger partial charge in [0.05, 0.1) is 7.11 Å². The topological polar surface area (TPSA) is 9.23 Å². The first-order valence-electron chi connectivity index (χ1n) is 7.09. The lowest BCUT2D eigenvalue weighted by molar-refractivity contribution is 0.416. The van der Waals surface area contributed by atoms with Crippen LogP contribution in [0.4, 0.5) is 0 Å². The van der Waals surface area contributed by atoms with Crippen LogP contribution in [0.2, 0.25) is 0 Å². The summed E-state index contributed by atoms with van der Waals surface area (Å²) in [5, 5.41) is 0. The number of ether oxygens (including phenoxy) is 1. The molecule has 0 saturated heterocycles. The molecule has 3 aromatic carbocycles. The number of methoxy groups -OCH3 is 1. The van der Waals surface area contributed by atoms with E-state index in [1.54, 1.807) is 7.11 Å². The second kappa shape index (κ2) is 5.84. The lowest BCUT2D eigenvalue weighted by Crippen LogP contribution is -1.91. The summed E-state index contributed by atoms with van der Waals surface area (Å²) in [6, 6.07) is 25.2. The normalized spacial score (nSPS) is 10.4. The first-order chi connectivity index (χ1) is 10.3. The number of aryl methyl sites for hydroxylation is 1. The highest BCUT2D eigenvalue weighted by atomic mass is 16.5. The van der Waals surface area contributed by atoms with Crippen molar-refractivity contribution in [1.29, 1.82) is 0 Å². The minimum atomic E-state index is 0.902. The van der Waals surface area contributed by atoms with Crippen LogP contribution in [0.25, 0.3) is 22.3 Å². The molecule has 0 saturated carbocycles. The maximum atomic E-state index is 5.59. The summed E-state index contributed by atoms with van der Waals surface area (Å²) in [6.07, 6.45) is 0. The summed E-state index contributed by atoms with van der Waals surface area (Å²) >= 11 is 0. The van der Waals surface area contributed by atoms with Crippen LogP contribution in [-0.2, 0) is 0 Å². The molecule has 0 radical (unpaired) electrons. The van der Waals surface area contributed by atoms with E-state index in [1.165, 1.54) is 22.3 Å². The van der Waals surface area contributed by atoms with Crippen molar-refractivity contribution in [2.24, 2.45) is 0 Å². The van der Waals surface area contributed by atoms with E-state index >= 15 is 0 Å². The van der Waals surface area contributed by atoms with Crippen LogP contribution in [0, 0.1) is 6.92 Å². The quantitative estimate of drug-likeness (QED) is 0.626. The molecule has 0 unspecified atom stereocenters. The molecule has 0 amide bonds. The molecule has 1 nitrogen and oxygen atoms in total. The lowest BCUT2D eigenvalue weighted by Gasteiger charge is -2.14. The summed E-state index contributed by atoms with van der Waals surface area (Å²) in [5.74, 6) is 0.902. The van der Waals surface area contributed by atoms with Crippen molar-refractivity contribution in [2.75, 3.05) is 7.11 Å². The summed E-state index contributed by atoms with van der Waals surface area (Å²) in [5.41, 5.74) is 5.98. The van der Waals surface area contributed by atoms with E-state index in [0.29, 0.717) is 0 Å². The van der Waals surface area contributed by atoms with Gasteiger partial charge < -0.3 is 4.74 Å². The largest absolute Gasteiger partial charge is 0.496 e. The second-order valence-electron chi connectivity index (χ2n) is 5.11. The van der Waals surface area contributed by atoms with Crippen molar-refractivity contribution in [3.05, 3.63) is 78.4 Å². The monoisotopic (exact) mass is 274 g/mol. The molecule has 0 spiro atoms. The SMILES string of the molecule is COc1cccc(-c2ccc(C)cc2)c1-c1ccccc1.